The van der Waals surface area contributed by atoms with E-state index < -0.39 is 10.2 Å². The average Bonchev–Trinajstić information content (AvgIpc) is 2.66. The summed E-state index contributed by atoms with van der Waals surface area (Å²) in [4.78, 5) is 23.0. The van der Waals surface area contributed by atoms with Crippen LogP contribution in [-0.4, -0.2) is 21.2 Å². The van der Waals surface area contributed by atoms with E-state index in [1.807, 2.05) is 0 Å². The molecule has 3 N–H and O–H groups in total. The van der Waals surface area contributed by atoms with Gasteiger partial charge in [-0.25, -0.2) is 4.39 Å². The molecule has 0 saturated carbocycles. The van der Waals surface area contributed by atoms with Gasteiger partial charge in [0.25, 0.3) is 11.6 Å². The largest absolute Gasteiger partial charge is 0.357 e. The van der Waals surface area contributed by atoms with Crippen LogP contribution in [-0.2, 0) is 11.3 Å². The topological polar surface area (TPSA) is 96.3 Å². The number of nitrogens with zero attached hydrogens (tertiary/aromatic N) is 1. The van der Waals surface area contributed by atoms with Crippen LogP contribution in [0.25, 0.3) is 0 Å². The lowest BCUT2D eigenvalue weighted by Gasteiger charge is -2.15. The molecular weight excluding hydrogens is 391 g/mol. The zero-order chi connectivity index (χ0) is 19.8. The van der Waals surface area contributed by atoms with E-state index in [1.165, 1.54) is 36.0 Å². The van der Waals surface area contributed by atoms with E-state index in [9.17, 15) is 19.3 Å². The highest BCUT2D eigenvalue weighted by molar-refractivity contribution is 8.00. The molecule has 142 valence electrons. The molecule has 0 aromatic heterocycles. The first-order chi connectivity index (χ1) is 12.8. The van der Waals surface area contributed by atoms with Gasteiger partial charge < -0.3 is 5.32 Å². The fraction of sp³-hybridized carbons (Fsp3) is 0.176. The van der Waals surface area contributed by atoms with E-state index in [4.69, 9.17) is 12.2 Å². The molecule has 10 heteroatoms. The molecule has 0 aliphatic carbocycles. The molecule has 2 aromatic rings. The predicted octanol–water partition coefficient (Wildman–Crippen LogP) is 2.91. The minimum Gasteiger partial charge on any atom is -0.357 e. The second-order valence-electron chi connectivity index (χ2n) is 5.43. The number of carbonyl (C=O) groups excluding carboxylic acids is 1. The van der Waals surface area contributed by atoms with Crippen LogP contribution in [0.15, 0.2) is 53.4 Å². The third-order valence-electron chi connectivity index (χ3n) is 3.40. The highest BCUT2D eigenvalue weighted by Crippen LogP contribution is 2.25. The van der Waals surface area contributed by atoms with Crippen LogP contribution in [0.3, 0.4) is 0 Å². The van der Waals surface area contributed by atoms with Crippen molar-refractivity contribution in [2.75, 3.05) is 0 Å². The van der Waals surface area contributed by atoms with E-state index in [0.717, 1.165) is 10.5 Å². The molecule has 0 unspecified atom stereocenters. The van der Waals surface area contributed by atoms with Gasteiger partial charge in [0.2, 0.25) is 0 Å². The summed E-state index contributed by atoms with van der Waals surface area (Å²) in [6.07, 6.45) is 0. The van der Waals surface area contributed by atoms with Crippen molar-refractivity contribution in [3.05, 3.63) is 70.0 Å². The van der Waals surface area contributed by atoms with Crippen molar-refractivity contribution in [3.8, 4) is 0 Å². The van der Waals surface area contributed by atoms with Gasteiger partial charge in [0.15, 0.2) is 5.11 Å². The number of thiocarbonyl (C=S) groups is 1. The number of nitrogens with one attached hydrogen (secondary N) is 3. The Bertz CT molecular complexity index is 816. The molecule has 0 aliphatic rings. The Morgan fingerprint density at radius 1 is 1.19 bits per heavy atom. The van der Waals surface area contributed by atoms with Crippen LogP contribution in [0.5, 0.6) is 0 Å². The predicted molar refractivity (Wildman–Crippen MR) is 106 cm³/mol. The number of hydrazine groups is 1. The fourth-order valence-corrected chi connectivity index (χ4v) is 2.94. The molecule has 0 saturated heterocycles. The lowest BCUT2D eigenvalue weighted by molar-refractivity contribution is -0.384. The number of halogens is 1. The van der Waals surface area contributed by atoms with Crippen molar-refractivity contribution in [1.29, 1.82) is 0 Å². The molecule has 0 fully saturated rings. The van der Waals surface area contributed by atoms with E-state index in [-0.39, 0.29) is 22.5 Å². The summed E-state index contributed by atoms with van der Waals surface area (Å²) in [5.74, 6) is -0.615. The Hall–Kier alpha value is -2.72. The number of hydrogen-bond acceptors (Lipinski definition) is 5. The Labute approximate surface area is 164 Å². The summed E-state index contributed by atoms with van der Waals surface area (Å²) >= 11 is 6.33. The summed E-state index contributed by atoms with van der Waals surface area (Å²) in [6.45, 7) is 2.09. The Kier molecular flexibility index (Phi) is 7.50. The number of thioether (sulfide) groups is 1. The van der Waals surface area contributed by atoms with Crippen molar-refractivity contribution in [1.82, 2.24) is 16.2 Å². The minimum atomic E-state index is -0.478. The molecule has 0 bridgehead atoms. The number of nitro groups is 1. The van der Waals surface area contributed by atoms with E-state index >= 15 is 0 Å². The van der Waals surface area contributed by atoms with Crippen LogP contribution in [0, 0.1) is 15.9 Å². The molecule has 27 heavy (non-hydrogen) atoms. The maximum absolute atomic E-state index is 12.8. The lowest BCUT2D eigenvalue weighted by atomic mass is 10.2. The molecule has 1 atom stereocenters. The van der Waals surface area contributed by atoms with Crippen LogP contribution >= 0.6 is 24.0 Å². The first-order valence-electron chi connectivity index (χ1n) is 7.84. The third-order valence-corrected chi connectivity index (χ3v) is 4.75. The van der Waals surface area contributed by atoms with Gasteiger partial charge in [0, 0.05) is 23.6 Å². The number of non-ortho nitro benzene ring substituents is 1. The van der Waals surface area contributed by atoms with Crippen molar-refractivity contribution < 1.29 is 14.1 Å². The normalized spacial score (nSPS) is 11.3. The van der Waals surface area contributed by atoms with E-state index in [1.54, 1.807) is 31.2 Å². The van der Waals surface area contributed by atoms with Crippen molar-refractivity contribution in [2.24, 2.45) is 0 Å². The third kappa shape index (κ3) is 6.83. The first kappa shape index (κ1) is 20.6. The van der Waals surface area contributed by atoms with Gasteiger partial charge in [0.05, 0.1) is 10.2 Å². The Morgan fingerprint density at radius 3 is 2.41 bits per heavy atom. The van der Waals surface area contributed by atoms with Gasteiger partial charge in [-0.05, 0) is 49.0 Å². The zero-order valence-corrected chi connectivity index (χ0v) is 15.9. The molecule has 2 aromatic carbocycles. The molecule has 1 amide bonds. The number of carbonyl (C=O) groups is 1. The Balaban J connectivity index is 1.74. The van der Waals surface area contributed by atoms with Gasteiger partial charge in [-0.2, -0.15) is 0 Å². The number of rotatable bonds is 6. The summed E-state index contributed by atoms with van der Waals surface area (Å²) in [5.41, 5.74) is 5.93. The van der Waals surface area contributed by atoms with E-state index in [0.29, 0.717) is 6.54 Å². The van der Waals surface area contributed by atoms with Crippen molar-refractivity contribution in [3.63, 3.8) is 0 Å². The smallest absolute Gasteiger partial charge is 0.269 e. The summed E-state index contributed by atoms with van der Waals surface area (Å²) < 4.78 is 12.8. The fourth-order valence-electron chi connectivity index (χ4n) is 1.95. The minimum absolute atomic E-state index is 0.00398. The molecule has 0 radical (unpaired) electrons. The second-order valence-corrected chi connectivity index (χ2v) is 7.26. The molecular formula is C17H17FN4O3S2. The molecule has 2 rings (SSSR count). The highest BCUT2D eigenvalue weighted by Gasteiger charge is 2.15. The van der Waals surface area contributed by atoms with Crippen LogP contribution in [0.4, 0.5) is 10.1 Å². The van der Waals surface area contributed by atoms with Crippen molar-refractivity contribution >= 4 is 40.7 Å². The first-order valence-corrected chi connectivity index (χ1v) is 9.13. The number of benzene rings is 2. The SMILES string of the molecule is C[C@@H](Sc1ccc([N+](=O)[O-])cc1)C(=O)NNC(=S)NCc1ccc(F)cc1. The molecule has 0 heterocycles. The van der Waals surface area contributed by atoms with Crippen LogP contribution in [0.2, 0.25) is 0 Å². The molecule has 7 nitrogen and oxygen atoms in total. The number of hydrogen-bond donors (Lipinski definition) is 3. The molecule has 0 aliphatic heterocycles. The number of nitro benzene ring substituents is 1. The number of amides is 1. The van der Waals surface area contributed by atoms with Gasteiger partial charge >= 0.3 is 0 Å². The van der Waals surface area contributed by atoms with Crippen molar-refractivity contribution in [2.45, 2.75) is 23.6 Å². The highest BCUT2D eigenvalue weighted by atomic mass is 32.2. The van der Waals surface area contributed by atoms with Gasteiger partial charge in [-0.1, -0.05) is 12.1 Å². The van der Waals surface area contributed by atoms with Gasteiger partial charge in [-0.15, -0.1) is 11.8 Å². The maximum Gasteiger partial charge on any atom is 0.269 e. The standard InChI is InChI=1S/C17H17FN4O3S2/c1-11(27-15-8-6-14(7-9-15)22(24)25)16(23)20-21-17(26)19-10-12-2-4-13(18)5-3-12/h2-9,11H,10H2,1H3,(H,20,23)(H2,19,21,26)/t11-/m1/s1. The monoisotopic (exact) mass is 408 g/mol. The second kappa shape index (κ2) is 9.83. The zero-order valence-electron chi connectivity index (χ0n) is 14.3. The Morgan fingerprint density at radius 2 is 1.81 bits per heavy atom. The summed E-state index contributed by atoms with van der Waals surface area (Å²) in [5, 5.41) is 13.3. The lowest BCUT2D eigenvalue weighted by Crippen LogP contribution is -2.48. The van der Waals surface area contributed by atoms with Gasteiger partial charge in [0.1, 0.15) is 5.82 Å². The average molecular weight is 408 g/mol. The van der Waals surface area contributed by atoms with E-state index in [2.05, 4.69) is 16.2 Å². The van der Waals surface area contributed by atoms with Crippen LogP contribution in [0.1, 0.15) is 12.5 Å². The van der Waals surface area contributed by atoms with Gasteiger partial charge in [-0.3, -0.25) is 25.8 Å². The summed E-state index contributed by atoms with van der Waals surface area (Å²) in [7, 11) is 0. The maximum atomic E-state index is 12.8. The summed E-state index contributed by atoms with van der Waals surface area (Å²) in [6, 6.07) is 11.9. The van der Waals surface area contributed by atoms with Crippen LogP contribution < -0.4 is 16.2 Å². The molecule has 0 spiro atoms. The quantitative estimate of drug-likeness (QED) is 0.293.